The average molecular weight is 492 g/mol. The number of ether oxygens (including phenoxy) is 4. The summed E-state index contributed by atoms with van der Waals surface area (Å²) in [6.07, 6.45) is -2.57. The number of hydrogen-bond acceptors (Lipinski definition) is 8. The van der Waals surface area contributed by atoms with Gasteiger partial charge in [0.25, 0.3) is 0 Å². The van der Waals surface area contributed by atoms with Crippen molar-refractivity contribution >= 4 is 33.4 Å². The highest BCUT2D eigenvalue weighted by Gasteiger charge is 2.50. The van der Waals surface area contributed by atoms with Crippen molar-refractivity contribution in [1.82, 2.24) is 4.72 Å². The van der Waals surface area contributed by atoms with Crippen LogP contribution in [0.3, 0.4) is 0 Å². The molecule has 2 amide bonds. The van der Waals surface area contributed by atoms with Gasteiger partial charge < -0.3 is 24.3 Å². The van der Waals surface area contributed by atoms with Crippen LogP contribution in [0.1, 0.15) is 6.92 Å². The lowest BCUT2D eigenvalue weighted by Crippen LogP contribution is -2.44. The summed E-state index contributed by atoms with van der Waals surface area (Å²) in [4.78, 5) is 23.5. The second kappa shape index (κ2) is 9.97. The molecule has 182 valence electrons. The van der Waals surface area contributed by atoms with Crippen molar-refractivity contribution in [2.24, 2.45) is 0 Å². The van der Waals surface area contributed by atoms with Gasteiger partial charge in [0.1, 0.15) is 18.0 Å². The maximum absolute atomic E-state index is 12.8. The maximum Gasteiger partial charge on any atom is 0.412 e. The van der Waals surface area contributed by atoms with E-state index in [0.29, 0.717) is 17.1 Å². The van der Waals surface area contributed by atoms with Gasteiger partial charge in [0, 0.05) is 18.3 Å². The summed E-state index contributed by atoms with van der Waals surface area (Å²) in [5.74, 6) is 0.401. The number of anilines is 2. The number of carbonyl (C=O) groups excluding carboxylic acids is 2. The molecule has 2 aliphatic rings. The number of rotatable bonds is 7. The normalized spacial score (nSPS) is 23.7. The number of carbonyl (C=O) groups is 2. The fourth-order valence-corrected chi connectivity index (χ4v) is 5.04. The van der Waals surface area contributed by atoms with Gasteiger partial charge in [-0.3, -0.25) is 10.1 Å². The smallest absolute Gasteiger partial charge is 0.412 e. The highest BCUT2D eigenvalue weighted by atomic mass is 32.2. The molecule has 0 unspecified atom stereocenters. The van der Waals surface area contributed by atoms with Crippen LogP contribution in [-0.2, 0) is 29.0 Å². The number of amides is 2. The Balaban J connectivity index is 1.33. The predicted molar refractivity (Wildman–Crippen MR) is 121 cm³/mol. The van der Waals surface area contributed by atoms with Crippen LogP contribution in [0.15, 0.2) is 53.4 Å². The second-order valence-corrected chi connectivity index (χ2v) is 9.54. The first-order valence-corrected chi connectivity index (χ1v) is 12.0. The molecule has 3 N–H and O–H groups in total. The monoisotopic (exact) mass is 491 g/mol. The Hall–Kier alpha value is -3.19. The molecule has 2 aromatic rings. The molecule has 2 heterocycles. The third-order valence-electron chi connectivity index (χ3n) is 5.39. The van der Waals surface area contributed by atoms with Crippen molar-refractivity contribution in [1.29, 1.82) is 0 Å². The van der Waals surface area contributed by atoms with Crippen LogP contribution in [0.2, 0.25) is 0 Å². The van der Waals surface area contributed by atoms with Gasteiger partial charge in [-0.25, -0.2) is 17.9 Å². The molecule has 0 spiro atoms. The molecule has 2 saturated heterocycles. The van der Waals surface area contributed by atoms with Crippen LogP contribution in [-0.4, -0.2) is 65.1 Å². The van der Waals surface area contributed by atoms with E-state index in [1.165, 1.54) is 31.2 Å². The van der Waals surface area contributed by atoms with Gasteiger partial charge in [-0.15, -0.1) is 0 Å². The van der Waals surface area contributed by atoms with Crippen LogP contribution in [0, 0.1) is 0 Å². The summed E-state index contributed by atoms with van der Waals surface area (Å²) < 4.78 is 50.1. The summed E-state index contributed by atoms with van der Waals surface area (Å²) in [7, 11) is -2.32. The summed E-state index contributed by atoms with van der Waals surface area (Å²) in [5, 5.41) is 5.20. The second-order valence-electron chi connectivity index (χ2n) is 7.83. The molecule has 0 saturated carbocycles. The van der Waals surface area contributed by atoms with Gasteiger partial charge in [-0.05, 0) is 48.5 Å². The molecule has 12 heteroatoms. The first-order chi connectivity index (χ1) is 16.2. The van der Waals surface area contributed by atoms with Crippen LogP contribution >= 0.6 is 0 Å². The standard InChI is InChI=1S/C22H25N3O8S/c1-13(26)23-14-5-9-17(10-6-14)34(28,29)25-18-11-31-21-19(12-32-20(18)21)33-22(27)24-15-3-7-16(30-2)8-4-15/h3-10,18-21,25H,11-12H2,1-2H3,(H,23,26)(H,24,27)/t18-,19+,20+,21+/m0/s1. The van der Waals surface area contributed by atoms with Gasteiger partial charge in [0.05, 0.1) is 31.3 Å². The summed E-state index contributed by atoms with van der Waals surface area (Å²) in [5.41, 5.74) is 1.02. The highest BCUT2D eigenvalue weighted by Crippen LogP contribution is 2.30. The van der Waals surface area contributed by atoms with E-state index in [2.05, 4.69) is 15.4 Å². The number of fused-ring (bicyclic) bond motifs is 1. The third kappa shape index (κ3) is 5.47. The van der Waals surface area contributed by atoms with Crippen molar-refractivity contribution in [3.05, 3.63) is 48.5 Å². The molecule has 0 radical (unpaired) electrons. The van der Waals surface area contributed by atoms with E-state index in [0.717, 1.165) is 0 Å². The Labute approximate surface area is 196 Å². The zero-order chi connectivity index (χ0) is 24.3. The number of methoxy groups -OCH3 is 1. The summed E-state index contributed by atoms with van der Waals surface area (Å²) in [6, 6.07) is 11.9. The van der Waals surface area contributed by atoms with Crippen molar-refractivity contribution < 1.29 is 37.0 Å². The summed E-state index contributed by atoms with van der Waals surface area (Å²) >= 11 is 0. The molecule has 34 heavy (non-hydrogen) atoms. The van der Waals surface area contributed by atoms with E-state index in [9.17, 15) is 18.0 Å². The van der Waals surface area contributed by atoms with E-state index in [-0.39, 0.29) is 24.0 Å². The average Bonchev–Trinajstić information content (AvgIpc) is 3.37. The van der Waals surface area contributed by atoms with Crippen molar-refractivity contribution in [3.63, 3.8) is 0 Å². The number of hydrogen-bond donors (Lipinski definition) is 3. The molecule has 4 atom stereocenters. The SMILES string of the molecule is COc1ccc(NC(=O)O[C@@H]2CO[C@H]3[C@@H]2OC[C@@H]3NS(=O)(=O)c2ccc(NC(C)=O)cc2)cc1. The summed E-state index contributed by atoms with van der Waals surface area (Å²) in [6.45, 7) is 1.51. The Morgan fingerprint density at radius 2 is 1.53 bits per heavy atom. The van der Waals surface area contributed by atoms with Crippen molar-refractivity contribution in [2.45, 2.75) is 36.2 Å². The van der Waals surface area contributed by atoms with Gasteiger partial charge in [0.15, 0.2) is 6.10 Å². The Morgan fingerprint density at radius 3 is 2.18 bits per heavy atom. The van der Waals surface area contributed by atoms with Crippen LogP contribution in [0.4, 0.5) is 16.2 Å². The predicted octanol–water partition coefficient (Wildman–Crippen LogP) is 1.72. The molecule has 0 bridgehead atoms. The third-order valence-corrected chi connectivity index (χ3v) is 6.90. The van der Waals surface area contributed by atoms with E-state index >= 15 is 0 Å². The van der Waals surface area contributed by atoms with E-state index in [1.54, 1.807) is 31.4 Å². The fourth-order valence-electron chi connectivity index (χ4n) is 3.81. The minimum Gasteiger partial charge on any atom is -0.497 e. The Morgan fingerprint density at radius 1 is 0.912 bits per heavy atom. The lowest BCUT2D eigenvalue weighted by atomic mass is 10.1. The zero-order valence-corrected chi connectivity index (χ0v) is 19.3. The van der Waals surface area contributed by atoms with Crippen LogP contribution in [0.5, 0.6) is 5.75 Å². The topological polar surface area (TPSA) is 141 Å². The zero-order valence-electron chi connectivity index (χ0n) is 18.5. The lowest BCUT2D eigenvalue weighted by Gasteiger charge is -2.18. The number of sulfonamides is 1. The van der Waals surface area contributed by atoms with Gasteiger partial charge in [-0.1, -0.05) is 0 Å². The van der Waals surface area contributed by atoms with Gasteiger partial charge in [0.2, 0.25) is 15.9 Å². The van der Waals surface area contributed by atoms with Gasteiger partial charge in [-0.2, -0.15) is 0 Å². The molecule has 0 aliphatic carbocycles. The Bertz CT molecular complexity index is 1140. The van der Waals surface area contributed by atoms with Crippen LogP contribution < -0.4 is 20.1 Å². The molecule has 4 rings (SSSR count). The fraction of sp³-hybridized carbons (Fsp3) is 0.364. The van der Waals surface area contributed by atoms with Crippen LogP contribution in [0.25, 0.3) is 0 Å². The molecule has 2 aliphatic heterocycles. The molecular weight excluding hydrogens is 466 g/mol. The number of nitrogens with one attached hydrogen (secondary N) is 3. The van der Waals surface area contributed by atoms with E-state index in [4.69, 9.17) is 18.9 Å². The quantitative estimate of drug-likeness (QED) is 0.532. The highest BCUT2D eigenvalue weighted by molar-refractivity contribution is 7.89. The minimum absolute atomic E-state index is 0.0368. The van der Waals surface area contributed by atoms with Crippen molar-refractivity contribution in [3.8, 4) is 5.75 Å². The molecule has 2 aromatic carbocycles. The first kappa shape index (κ1) is 24.0. The molecule has 0 aromatic heterocycles. The first-order valence-electron chi connectivity index (χ1n) is 10.5. The minimum atomic E-state index is -3.87. The maximum atomic E-state index is 12.8. The molecule has 11 nitrogen and oxygen atoms in total. The largest absolute Gasteiger partial charge is 0.497 e. The molecule has 2 fully saturated rings. The van der Waals surface area contributed by atoms with E-state index < -0.39 is 40.5 Å². The van der Waals surface area contributed by atoms with E-state index in [1.807, 2.05) is 0 Å². The lowest BCUT2D eigenvalue weighted by molar-refractivity contribution is -0.114. The number of benzene rings is 2. The van der Waals surface area contributed by atoms with Gasteiger partial charge >= 0.3 is 6.09 Å². The van der Waals surface area contributed by atoms with Crippen molar-refractivity contribution in [2.75, 3.05) is 31.0 Å². The Kier molecular flexibility index (Phi) is 7.03. The molecular formula is C22H25N3O8S.